The average molecular weight is 549 g/mol. The lowest BCUT2D eigenvalue weighted by atomic mass is 9.79. The van der Waals surface area contributed by atoms with E-state index < -0.39 is 38.4 Å². The number of halogens is 1. The van der Waals surface area contributed by atoms with Crippen LogP contribution in [-0.4, -0.2) is 35.2 Å². The van der Waals surface area contributed by atoms with Crippen LogP contribution in [0.1, 0.15) is 27.7 Å². The Kier molecular flexibility index (Phi) is 7.42. The van der Waals surface area contributed by atoms with Crippen LogP contribution in [0.25, 0.3) is 0 Å². The summed E-state index contributed by atoms with van der Waals surface area (Å²) in [5.41, 5.74) is 11.1. The summed E-state index contributed by atoms with van der Waals surface area (Å²) in [7, 11) is -8.11. The number of hydrogen-bond donors (Lipinski definition) is 4. The number of nitrogens with two attached hydrogens (primary N) is 4. The zero-order valence-corrected chi connectivity index (χ0v) is 21.2. The highest BCUT2D eigenvalue weighted by Crippen LogP contribution is 2.36. The Balaban J connectivity index is 0.000000258. The normalized spacial score (nSPS) is 17.5. The maximum absolute atomic E-state index is 11.3. The molecule has 0 radical (unpaired) electrons. The van der Waals surface area contributed by atoms with Gasteiger partial charge in [-0.1, -0.05) is 22.0 Å². The van der Waals surface area contributed by atoms with Crippen molar-refractivity contribution in [3.05, 3.63) is 40.9 Å². The van der Waals surface area contributed by atoms with Crippen molar-refractivity contribution >= 4 is 59.9 Å². The Morgan fingerprint density at radius 2 is 1.19 bits per heavy atom. The van der Waals surface area contributed by atoms with E-state index >= 15 is 0 Å². The monoisotopic (exact) mass is 548 g/mol. The highest BCUT2D eigenvalue weighted by Gasteiger charge is 2.51. The summed E-state index contributed by atoms with van der Waals surface area (Å²) >= 11 is 3.15. The lowest BCUT2D eigenvalue weighted by Gasteiger charge is -2.32. The number of primary sulfonamides is 2. The van der Waals surface area contributed by atoms with E-state index in [4.69, 9.17) is 31.1 Å². The summed E-state index contributed by atoms with van der Waals surface area (Å²) in [5, 5.41) is 9.96. The van der Waals surface area contributed by atoms with Crippen molar-refractivity contribution in [1.29, 1.82) is 0 Å². The molecule has 3 rings (SSSR count). The molecule has 0 amide bonds. The first-order chi connectivity index (χ1) is 14.3. The van der Waals surface area contributed by atoms with Crippen molar-refractivity contribution in [2.24, 2.45) is 10.3 Å². The highest BCUT2D eigenvalue weighted by atomic mass is 79.9. The molecule has 1 aliphatic heterocycles. The molecular formula is C18H26BBrN4O6S2. The lowest BCUT2D eigenvalue weighted by Crippen LogP contribution is -2.41. The minimum absolute atomic E-state index is 0.0503. The number of nitrogen functional groups attached to an aromatic ring is 2. The summed E-state index contributed by atoms with van der Waals surface area (Å²) in [6.45, 7) is 7.76. The third kappa shape index (κ3) is 6.01. The molecule has 8 N–H and O–H groups in total. The van der Waals surface area contributed by atoms with Gasteiger partial charge < -0.3 is 20.8 Å². The minimum Gasteiger partial charge on any atom is -0.399 e. The van der Waals surface area contributed by atoms with Crippen molar-refractivity contribution in [3.8, 4) is 0 Å². The quantitative estimate of drug-likeness (QED) is 0.321. The van der Waals surface area contributed by atoms with Crippen LogP contribution in [0, 0.1) is 0 Å². The van der Waals surface area contributed by atoms with Crippen LogP contribution < -0.4 is 27.2 Å². The van der Waals surface area contributed by atoms with Gasteiger partial charge in [-0.3, -0.25) is 0 Å². The third-order valence-electron chi connectivity index (χ3n) is 5.14. The largest absolute Gasteiger partial charge is 0.494 e. The summed E-state index contributed by atoms with van der Waals surface area (Å²) in [6, 6.07) is 8.88. The number of benzene rings is 2. The fraction of sp³-hybridized carbons (Fsp3) is 0.333. The molecule has 1 aliphatic rings. The second-order valence-corrected chi connectivity index (χ2v) is 12.1. The topological polar surface area (TPSA) is 191 Å². The molecule has 10 nitrogen and oxygen atoms in total. The van der Waals surface area contributed by atoms with Crippen molar-refractivity contribution in [3.63, 3.8) is 0 Å². The van der Waals surface area contributed by atoms with E-state index in [9.17, 15) is 16.8 Å². The maximum Gasteiger partial charge on any atom is 0.494 e. The van der Waals surface area contributed by atoms with Gasteiger partial charge in [-0.2, -0.15) is 0 Å². The fourth-order valence-corrected chi connectivity index (χ4v) is 4.40. The van der Waals surface area contributed by atoms with Crippen LogP contribution in [0.3, 0.4) is 0 Å². The zero-order chi connectivity index (χ0) is 24.7. The van der Waals surface area contributed by atoms with Crippen molar-refractivity contribution in [1.82, 2.24) is 0 Å². The van der Waals surface area contributed by atoms with E-state index in [1.807, 2.05) is 27.7 Å². The van der Waals surface area contributed by atoms with Gasteiger partial charge in [-0.25, -0.2) is 27.1 Å². The SMILES string of the molecule is CC1(C)OB(c2ccc(S(N)(=O)=O)c(N)c2)OC1(C)C.Nc1cc(Br)ccc1S(N)(=O)=O. The van der Waals surface area contributed by atoms with Crippen LogP contribution in [-0.2, 0) is 29.4 Å². The first kappa shape index (κ1) is 26.6. The molecule has 0 unspecified atom stereocenters. The zero-order valence-electron chi connectivity index (χ0n) is 18.0. The summed E-state index contributed by atoms with van der Waals surface area (Å²) < 4.78 is 56.8. The molecule has 14 heteroatoms. The molecule has 0 atom stereocenters. The van der Waals surface area contributed by atoms with Gasteiger partial charge in [0.2, 0.25) is 20.0 Å². The predicted molar refractivity (Wildman–Crippen MR) is 128 cm³/mol. The van der Waals surface area contributed by atoms with E-state index in [1.165, 1.54) is 24.3 Å². The Morgan fingerprint density at radius 1 is 0.781 bits per heavy atom. The van der Waals surface area contributed by atoms with Gasteiger partial charge in [0.15, 0.2) is 0 Å². The second kappa shape index (κ2) is 8.93. The molecule has 0 saturated carbocycles. The van der Waals surface area contributed by atoms with Crippen LogP contribution in [0.2, 0.25) is 0 Å². The molecule has 0 aliphatic carbocycles. The predicted octanol–water partition coefficient (Wildman–Crippen LogP) is 0.894. The second-order valence-electron chi connectivity index (χ2n) is 8.16. The molecule has 1 heterocycles. The maximum atomic E-state index is 11.3. The number of anilines is 2. The number of rotatable bonds is 3. The van der Waals surface area contributed by atoms with Crippen LogP contribution >= 0.6 is 15.9 Å². The number of hydrogen-bond acceptors (Lipinski definition) is 8. The summed E-state index contributed by atoms with van der Waals surface area (Å²) in [4.78, 5) is -0.150. The smallest absolute Gasteiger partial charge is 0.399 e. The molecular weight excluding hydrogens is 523 g/mol. The van der Waals surface area contributed by atoms with Crippen LogP contribution in [0.4, 0.5) is 11.4 Å². The lowest BCUT2D eigenvalue weighted by molar-refractivity contribution is 0.00578. The third-order valence-corrected chi connectivity index (χ3v) is 7.61. The molecule has 32 heavy (non-hydrogen) atoms. The van der Waals surface area contributed by atoms with Gasteiger partial charge in [-0.15, -0.1) is 0 Å². The van der Waals surface area contributed by atoms with E-state index in [1.54, 1.807) is 12.1 Å². The molecule has 176 valence electrons. The van der Waals surface area contributed by atoms with Gasteiger partial charge in [0.05, 0.1) is 22.6 Å². The van der Waals surface area contributed by atoms with Gasteiger partial charge in [0.25, 0.3) is 0 Å². The molecule has 1 saturated heterocycles. The first-order valence-corrected chi connectivity index (χ1v) is 13.1. The Hall–Kier alpha value is -1.68. The molecule has 0 spiro atoms. The van der Waals surface area contributed by atoms with E-state index in [0.29, 0.717) is 9.94 Å². The average Bonchev–Trinajstić information content (AvgIpc) is 2.80. The summed E-state index contributed by atoms with van der Waals surface area (Å²) in [6.07, 6.45) is 0. The van der Waals surface area contributed by atoms with Gasteiger partial charge in [-0.05, 0) is 63.5 Å². The van der Waals surface area contributed by atoms with E-state index in [2.05, 4.69) is 15.9 Å². The Labute approximate surface area is 197 Å². The van der Waals surface area contributed by atoms with E-state index in [0.717, 1.165) is 0 Å². The minimum atomic E-state index is -3.83. The van der Waals surface area contributed by atoms with Crippen LogP contribution in [0.15, 0.2) is 50.7 Å². The van der Waals surface area contributed by atoms with Gasteiger partial charge in [0, 0.05) is 4.47 Å². The Morgan fingerprint density at radius 3 is 1.56 bits per heavy atom. The molecule has 2 aromatic carbocycles. The van der Waals surface area contributed by atoms with Gasteiger partial charge >= 0.3 is 7.12 Å². The van der Waals surface area contributed by atoms with E-state index in [-0.39, 0.29) is 21.2 Å². The fourth-order valence-electron chi connectivity index (χ4n) is 2.73. The van der Waals surface area contributed by atoms with Crippen molar-refractivity contribution in [2.75, 3.05) is 11.5 Å². The standard InChI is InChI=1S/C12H19BN2O4S.C6H7BrN2O2S/c1-11(2)12(3,4)19-13(18-11)8-5-6-10(9(14)7-8)20(15,16)17;7-4-1-2-6(5(8)3-4)12(9,10)11/h5-7H,14H2,1-4H3,(H2,15,16,17);1-3H,8H2,(H2,9,10,11). The summed E-state index contributed by atoms with van der Waals surface area (Å²) in [5.74, 6) is 0. The van der Waals surface area contributed by atoms with Crippen molar-refractivity contribution < 1.29 is 26.1 Å². The highest BCUT2D eigenvalue weighted by molar-refractivity contribution is 9.10. The number of sulfonamides is 2. The Bertz CT molecular complexity index is 1220. The van der Waals surface area contributed by atoms with Crippen LogP contribution in [0.5, 0.6) is 0 Å². The molecule has 0 bridgehead atoms. The van der Waals surface area contributed by atoms with Gasteiger partial charge in [0.1, 0.15) is 9.79 Å². The molecule has 1 fully saturated rings. The first-order valence-electron chi connectivity index (χ1n) is 9.21. The molecule has 2 aromatic rings. The molecule has 0 aromatic heterocycles. The van der Waals surface area contributed by atoms with Crippen molar-refractivity contribution in [2.45, 2.75) is 48.7 Å².